The minimum absolute atomic E-state index is 0.740. The number of rotatable bonds is 18. The highest BCUT2D eigenvalue weighted by molar-refractivity contribution is 4.92. The van der Waals surface area contributed by atoms with E-state index >= 15 is 0 Å². The molecule has 0 fully saturated rings. The normalized spacial score (nSPS) is 11.9. The van der Waals surface area contributed by atoms with Gasteiger partial charge < -0.3 is 10.5 Å². The molecule has 2 nitrogen and oxygen atoms in total. The van der Waals surface area contributed by atoms with E-state index in [4.69, 9.17) is 10.5 Å². The van der Waals surface area contributed by atoms with Crippen molar-refractivity contribution in [1.29, 1.82) is 0 Å². The molecule has 0 aromatic carbocycles. The molecule has 0 aromatic heterocycles. The van der Waals surface area contributed by atoms with E-state index in [1.807, 2.05) is 0 Å². The number of nitrogens with two attached hydrogens (primary N) is 1. The van der Waals surface area contributed by atoms with Gasteiger partial charge in [0.15, 0.2) is 0 Å². The molecular formula is C21H41NO. The van der Waals surface area contributed by atoms with E-state index in [2.05, 4.69) is 31.2 Å². The molecule has 0 saturated heterocycles. The molecule has 0 radical (unpaired) electrons. The Morgan fingerprint density at radius 3 is 1.87 bits per heavy atom. The number of ether oxygens (including phenoxy) is 1. The van der Waals surface area contributed by atoms with Gasteiger partial charge in [0.05, 0.1) is 0 Å². The van der Waals surface area contributed by atoms with Gasteiger partial charge in [-0.3, -0.25) is 0 Å². The highest BCUT2D eigenvalue weighted by Gasteiger charge is 1.92. The molecule has 0 aromatic rings. The summed E-state index contributed by atoms with van der Waals surface area (Å²) < 4.78 is 5.50. The molecule has 0 aliphatic heterocycles. The predicted octanol–water partition coefficient (Wildman–Crippen LogP) is 6.17. The Balaban J connectivity index is 3.10. The third kappa shape index (κ3) is 21.4. The van der Waals surface area contributed by atoms with E-state index in [1.54, 1.807) is 0 Å². The van der Waals surface area contributed by atoms with Crippen molar-refractivity contribution in [2.45, 2.75) is 90.4 Å². The zero-order chi connectivity index (χ0) is 16.8. The van der Waals surface area contributed by atoms with Crippen LogP contribution >= 0.6 is 0 Å². The Labute approximate surface area is 145 Å². The topological polar surface area (TPSA) is 35.2 Å². The first-order chi connectivity index (χ1) is 11.4. The number of hydrogen-bond acceptors (Lipinski definition) is 2. The molecule has 0 bridgehead atoms. The molecule has 0 heterocycles. The van der Waals surface area contributed by atoms with E-state index in [0.29, 0.717) is 0 Å². The third-order valence-electron chi connectivity index (χ3n) is 3.98. The zero-order valence-electron chi connectivity index (χ0n) is 15.6. The number of hydrogen-bond donors (Lipinski definition) is 1. The molecule has 0 unspecified atom stereocenters. The van der Waals surface area contributed by atoms with Gasteiger partial charge in [-0.15, -0.1) is 0 Å². The smallest absolute Gasteiger partial charge is 0.0478 e. The van der Waals surface area contributed by atoms with E-state index < -0.39 is 0 Å². The quantitative estimate of drug-likeness (QED) is 0.242. The zero-order valence-corrected chi connectivity index (χ0v) is 15.6. The maximum absolute atomic E-state index is 5.50. The second kappa shape index (κ2) is 21.4. The lowest BCUT2D eigenvalue weighted by atomic mass is 10.1. The van der Waals surface area contributed by atoms with Crippen LogP contribution in [0, 0.1) is 0 Å². The first-order valence-electron chi connectivity index (χ1n) is 9.99. The summed E-state index contributed by atoms with van der Waals surface area (Å²) in [5.41, 5.74) is 5.42. The summed E-state index contributed by atoms with van der Waals surface area (Å²) in [5.74, 6) is 0. The molecule has 0 spiro atoms. The van der Waals surface area contributed by atoms with Crippen LogP contribution in [0.4, 0.5) is 0 Å². The monoisotopic (exact) mass is 323 g/mol. The Morgan fingerprint density at radius 2 is 1.22 bits per heavy atom. The Kier molecular flexibility index (Phi) is 20.8. The van der Waals surface area contributed by atoms with Crippen LogP contribution in [0.1, 0.15) is 90.4 Å². The fourth-order valence-electron chi connectivity index (χ4n) is 2.48. The minimum atomic E-state index is 0.740. The molecule has 136 valence electrons. The van der Waals surface area contributed by atoms with Crippen molar-refractivity contribution in [3.63, 3.8) is 0 Å². The first-order valence-corrected chi connectivity index (χ1v) is 9.99. The van der Waals surface area contributed by atoms with Crippen molar-refractivity contribution in [2.75, 3.05) is 19.8 Å². The summed E-state index contributed by atoms with van der Waals surface area (Å²) >= 11 is 0. The van der Waals surface area contributed by atoms with Gasteiger partial charge in [0.1, 0.15) is 0 Å². The average molecular weight is 324 g/mol. The summed E-state index contributed by atoms with van der Waals surface area (Å²) in [5, 5.41) is 0. The van der Waals surface area contributed by atoms with Crippen molar-refractivity contribution < 1.29 is 4.74 Å². The van der Waals surface area contributed by atoms with Crippen molar-refractivity contribution in [1.82, 2.24) is 0 Å². The van der Waals surface area contributed by atoms with Gasteiger partial charge >= 0.3 is 0 Å². The van der Waals surface area contributed by atoms with Gasteiger partial charge in [-0.25, -0.2) is 0 Å². The Hall–Kier alpha value is -0.600. The first kappa shape index (κ1) is 22.4. The largest absolute Gasteiger partial charge is 0.381 e. The lowest BCUT2D eigenvalue weighted by molar-refractivity contribution is 0.129. The Morgan fingerprint density at radius 1 is 0.652 bits per heavy atom. The third-order valence-corrected chi connectivity index (χ3v) is 3.98. The van der Waals surface area contributed by atoms with E-state index in [1.165, 1.54) is 70.6 Å². The van der Waals surface area contributed by atoms with Crippen LogP contribution in [0.2, 0.25) is 0 Å². The number of unbranched alkanes of at least 4 members (excludes halogenated alkanes) is 9. The molecule has 0 saturated carbocycles. The molecule has 2 N–H and O–H groups in total. The average Bonchev–Trinajstić information content (AvgIpc) is 2.57. The molecular weight excluding hydrogens is 282 g/mol. The summed E-state index contributed by atoms with van der Waals surface area (Å²) in [4.78, 5) is 0. The summed E-state index contributed by atoms with van der Waals surface area (Å²) in [6.07, 6.45) is 25.8. The lowest BCUT2D eigenvalue weighted by Gasteiger charge is -2.03. The second-order valence-electron chi connectivity index (χ2n) is 6.34. The standard InChI is InChI=1S/C21H41NO/c1-2-3-4-5-6-7-8-9-10-11-12-13-14-15-16-17-20-23-21-18-19-22/h6-7,9-10H,2-5,8,11-22H2,1H3/b7-6+,10-9+. The lowest BCUT2D eigenvalue weighted by Crippen LogP contribution is -2.04. The molecule has 2 heteroatoms. The predicted molar refractivity (Wildman–Crippen MR) is 104 cm³/mol. The summed E-state index contributed by atoms with van der Waals surface area (Å²) in [7, 11) is 0. The Bertz CT molecular complexity index is 261. The van der Waals surface area contributed by atoms with Gasteiger partial charge in [0.25, 0.3) is 0 Å². The van der Waals surface area contributed by atoms with Gasteiger partial charge in [0, 0.05) is 13.2 Å². The van der Waals surface area contributed by atoms with Crippen LogP contribution in [0.25, 0.3) is 0 Å². The van der Waals surface area contributed by atoms with Crippen LogP contribution in [0.5, 0.6) is 0 Å². The summed E-state index contributed by atoms with van der Waals surface area (Å²) in [6, 6.07) is 0. The van der Waals surface area contributed by atoms with Crippen LogP contribution in [0.15, 0.2) is 24.3 Å². The van der Waals surface area contributed by atoms with Crippen molar-refractivity contribution in [2.24, 2.45) is 5.73 Å². The van der Waals surface area contributed by atoms with Crippen molar-refractivity contribution >= 4 is 0 Å². The molecule has 23 heavy (non-hydrogen) atoms. The highest BCUT2D eigenvalue weighted by atomic mass is 16.5. The maximum atomic E-state index is 5.50. The van der Waals surface area contributed by atoms with Crippen LogP contribution in [-0.4, -0.2) is 19.8 Å². The van der Waals surface area contributed by atoms with Crippen LogP contribution in [0.3, 0.4) is 0 Å². The summed E-state index contributed by atoms with van der Waals surface area (Å²) in [6.45, 7) is 4.74. The minimum Gasteiger partial charge on any atom is -0.381 e. The highest BCUT2D eigenvalue weighted by Crippen LogP contribution is 2.08. The molecule has 0 aliphatic rings. The molecule has 0 amide bonds. The number of allylic oxidation sites excluding steroid dienone is 4. The fraction of sp³-hybridized carbons (Fsp3) is 0.810. The molecule has 0 rings (SSSR count). The molecule has 0 aliphatic carbocycles. The van der Waals surface area contributed by atoms with E-state index in [-0.39, 0.29) is 0 Å². The van der Waals surface area contributed by atoms with E-state index in [0.717, 1.165) is 32.6 Å². The maximum Gasteiger partial charge on any atom is 0.0478 e. The van der Waals surface area contributed by atoms with Gasteiger partial charge in [-0.1, -0.05) is 69.8 Å². The fourth-order valence-corrected chi connectivity index (χ4v) is 2.48. The SMILES string of the molecule is CCCCC/C=C/C/C=C/CCCCCCCCOCCCN. The molecule has 0 atom stereocenters. The van der Waals surface area contributed by atoms with Gasteiger partial charge in [0.2, 0.25) is 0 Å². The van der Waals surface area contributed by atoms with Gasteiger partial charge in [-0.05, 0) is 51.5 Å². The second-order valence-corrected chi connectivity index (χ2v) is 6.34. The van der Waals surface area contributed by atoms with Crippen LogP contribution in [-0.2, 0) is 4.74 Å². The van der Waals surface area contributed by atoms with E-state index in [9.17, 15) is 0 Å². The van der Waals surface area contributed by atoms with Crippen molar-refractivity contribution in [3.05, 3.63) is 24.3 Å². The van der Waals surface area contributed by atoms with Crippen LogP contribution < -0.4 is 5.73 Å². The van der Waals surface area contributed by atoms with Gasteiger partial charge in [-0.2, -0.15) is 0 Å². The van der Waals surface area contributed by atoms with Crippen molar-refractivity contribution in [3.8, 4) is 0 Å².